The van der Waals surface area contributed by atoms with E-state index in [2.05, 4.69) is 9.88 Å². The number of carboxylic acids is 1. The fourth-order valence-electron chi connectivity index (χ4n) is 3.75. The van der Waals surface area contributed by atoms with Crippen molar-refractivity contribution in [2.75, 3.05) is 0 Å². The van der Waals surface area contributed by atoms with Crippen LogP contribution in [0.3, 0.4) is 0 Å². The topological polar surface area (TPSA) is 123 Å². The van der Waals surface area contributed by atoms with Crippen LogP contribution in [0.2, 0.25) is 0 Å². The van der Waals surface area contributed by atoms with Crippen molar-refractivity contribution in [2.24, 2.45) is 5.92 Å². The molecule has 0 saturated heterocycles. The summed E-state index contributed by atoms with van der Waals surface area (Å²) in [7, 11) is -4.05. The number of rotatable bonds is 7. The standard InChI is InChI=1S/C24H20N2O6S2/c1-13(2)23(24(27)28)26-34(29,30)15-4-5-16-17-11-14(3-6-18(17)31-20(16)12-15)21-7-8-22(33-21)19-9-10-25-32-19/h3-13,23,26H,1-2H3,(H,27,28)/t23-/m0/s1. The number of aliphatic carboxylic acids is 1. The molecule has 1 atom stereocenters. The maximum absolute atomic E-state index is 12.8. The highest BCUT2D eigenvalue weighted by molar-refractivity contribution is 7.89. The summed E-state index contributed by atoms with van der Waals surface area (Å²) in [6, 6.07) is 14.9. The Bertz CT molecular complexity index is 1610. The number of benzene rings is 2. The lowest BCUT2D eigenvalue weighted by atomic mass is 10.1. The molecule has 10 heteroatoms. The van der Waals surface area contributed by atoms with Crippen LogP contribution in [0.1, 0.15) is 13.8 Å². The van der Waals surface area contributed by atoms with Gasteiger partial charge in [-0.3, -0.25) is 4.79 Å². The van der Waals surface area contributed by atoms with Gasteiger partial charge in [-0.2, -0.15) is 4.72 Å². The number of nitrogens with zero attached hydrogens (tertiary/aromatic N) is 1. The zero-order valence-electron chi connectivity index (χ0n) is 18.2. The summed E-state index contributed by atoms with van der Waals surface area (Å²) >= 11 is 1.58. The molecule has 0 radical (unpaired) electrons. The summed E-state index contributed by atoms with van der Waals surface area (Å²) < 4.78 is 39.1. The van der Waals surface area contributed by atoms with E-state index in [0.717, 1.165) is 26.1 Å². The maximum atomic E-state index is 12.8. The quantitative estimate of drug-likeness (QED) is 0.311. The molecule has 0 aliphatic heterocycles. The van der Waals surface area contributed by atoms with Gasteiger partial charge in [0.1, 0.15) is 17.2 Å². The Labute approximate surface area is 198 Å². The van der Waals surface area contributed by atoms with Gasteiger partial charge in [0.2, 0.25) is 10.0 Å². The van der Waals surface area contributed by atoms with E-state index in [9.17, 15) is 18.3 Å². The van der Waals surface area contributed by atoms with Gasteiger partial charge < -0.3 is 14.0 Å². The number of fused-ring (bicyclic) bond motifs is 3. The molecule has 0 spiro atoms. The van der Waals surface area contributed by atoms with E-state index >= 15 is 0 Å². The third-order valence-electron chi connectivity index (χ3n) is 5.54. The Hall–Kier alpha value is -3.47. The summed E-state index contributed by atoms with van der Waals surface area (Å²) in [6.07, 6.45) is 1.60. The summed E-state index contributed by atoms with van der Waals surface area (Å²) in [5.41, 5.74) is 2.02. The molecule has 0 aliphatic carbocycles. The van der Waals surface area contributed by atoms with Gasteiger partial charge in [-0.15, -0.1) is 11.3 Å². The summed E-state index contributed by atoms with van der Waals surface area (Å²) in [6.45, 7) is 3.28. The van der Waals surface area contributed by atoms with Crippen LogP contribution >= 0.6 is 11.3 Å². The Morgan fingerprint density at radius 2 is 1.79 bits per heavy atom. The average molecular weight is 497 g/mol. The van der Waals surface area contributed by atoms with Gasteiger partial charge >= 0.3 is 5.97 Å². The van der Waals surface area contributed by atoms with Crippen molar-refractivity contribution in [3.63, 3.8) is 0 Å². The molecule has 0 amide bonds. The van der Waals surface area contributed by atoms with Crippen LogP contribution in [0, 0.1) is 5.92 Å². The van der Waals surface area contributed by atoms with E-state index in [-0.39, 0.29) is 4.90 Å². The van der Waals surface area contributed by atoms with Crippen LogP contribution in [0.5, 0.6) is 0 Å². The molecule has 5 aromatic rings. The Morgan fingerprint density at radius 1 is 1.00 bits per heavy atom. The van der Waals surface area contributed by atoms with Crippen LogP contribution in [0.15, 0.2) is 74.6 Å². The van der Waals surface area contributed by atoms with Gasteiger partial charge in [0, 0.05) is 27.8 Å². The first-order valence-electron chi connectivity index (χ1n) is 10.5. The first-order chi connectivity index (χ1) is 16.2. The second kappa shape index (κ2) is 8.39. The second-order valence-corrected chi connectivity index (χ2v) is 11.0. The molecular formula is C24H20N2O6S2. The number of nitrogens with one attached hydrogen (secondary N) is 1. The molecule has 174 valence electrons. The zero-order chi connectivity index (χ0) is 24.0. The SMILES string of the molecule is CC(C)[C@H](NS(=O)(=O)c1ccc2c(c1)oc1ccc(-c3ccc(-c4ccno4)s3)cc12)C(=O)O. The van der Waals surface area contributed by atoms with E-state index in [1.807, 2.05) is 36.4 Å². The fourth-order valence-corrected chi connectivity index (χ4v) is 6.07. The van der Waals surface area contributed by atoms with Crippen LogP contribution in [-0.4, -0.2) is 30.7 Å². The van der Waals surface area contributed by atoms with Gasteiger partial charge in [0.05, 0.1) is 16.0 Å². The predicted octanol–water partition coefficient (Wildman–Crippen LogP) is 5.36. The maximum Gasteiger partial charge on any atom is 0.322 e. The number of hydrogen-bond acceptors (Lipinski definition) is 7. The molecule has 0 fully saturated rings. The largest absolute Gasteiger partial charge is 0.480 e. The van der Waals surface area contributed by atoms with Crippen molar-refractivity contribution >= 4 is 49.3 Å². The number of hydrogen-bond donors (Lipinski definition) is 2. The van der Waals surface area contributed by atoms with Crippen LogP contribution in [-0.2, 0) is 14.8 Å². The van der Waals surface area contributed by atoms with Gasteiger partial charge in [-0.05, 0) is 53.9 Å². The normalized spacial score (nSPS) is 13.1. The van der Waals surface area contributed by atoms with Gasteiger partial charge in [0.25, 0.3) is 0 Å². The molecule has 5 rings (SSSR count). The molecule has 3 heterocycles. The molecule has 0 aliphatic rings. The third kappa shape index (κ3) is 4.00. The Morgan fingerprint density at radius 3 is 2.50 bits per heavy atom. The van der Waals surface area contributed by atoms with Crippen molar-refractivity contribution in [2.45, 2.75) is 24.8 Å². The van der Waals surface area contributed by atoms with E-state index in [1.54, 1.807) is 37.4 Å². The van der Waals surface area contributed by atoms with E-state index in [1.165, 1.54) is 12.1 Å². The first kappa shape index (κ1) is 22.3. The lowest BCUT2D eigenvalue weighted by Crippen LogP contribution is -2.44. The van der Waals surface area contributed by atoms with Gasteiger partial charge in [-0.25, -0.2) is 8.42 Å². The number of aromatic nitrogens is 1. The lowest BCUT2D eigenvalue weighted by molar-refractivity contribution is -0.140. The van der Waals surface area contributed by atoms with Crippen molar-refractivity contribution in [1.29, 1.82) is 0 Å². The minimum absolute atomic E-state index is 0.0545. The third-order valence-corrected chi connectivity index (χ3v) is 8.13. The van der Waals surface area contributed by atoms with Crippen molar-refractivity contribution in [3.05, 3.63) is 60.8 Å². The minimum Gasteiger partial charge on any atom is -0.480 e. The molecule has 2 aromatic carbocycles. The highest BCUT2D eigenvalue weighted by Gasteiger charge is 2.28. The monoisotopic (exact) mass is 496 g/mol. The smallest absolute Gasteiger partial charge is 0.322 e. The van der Waals surface area contributed by atoms with Gasteiger partial charge in [0.15, 0.2) is 5.76 Å². The van der Waals surface area contributed by atoms with E-state index < -0.39 is 28.0 Å². The molecule has 8 nitrogen and oxygen atoms in total. The first-order valence-corrected chi connectivity index (χ1v) is 12.8. The summed E-state index contributed by atoms with van der Waals surface area (Å²) in [5, 5.41) is 14.7. The van der Waals surface area contributed by atoms with Crippen LogP contribution in [0.4, 0.5) is 0 Å². The minimum atomic E-state index is -4.05. The number of carboxylic acid groups (broad SMARTS) is 1. The lowest BCUT2D eigenvalue weighted by Gasteiger charge is -2.17. The Kier molecular flexibility index (Phi) is 5.51. The number of sulfonamides is 1. The summed E-state index contributed by atoms with van der Waals surface area (Å²) in [5.74, 6) is -0.936. The van der Waals surface area contributed by atoms with Crippen LogP contribution < -0.4 is 4.72 Å². The second-order valence-electron chi connectivity index (χ2n) is 8.19. The molecule has 2 N–H and O–H groups in total. The molecular weight excluding hydrogens is 476 g/mol. The zero-order valence-corrected chi connectivity index (χ0v) is 19.8. The van der Waals surface area contributed by atoms with E-state index in [4.69, 9.17) is 8.94 Å². The van der Waals surface area contributed by atoms with Crippen LogP contribution in [0.25, 0.3) is 43.0 Å². The molecule has 0 bridgehead atoms. The molecule has 34 heavy (non-hydrogen) atoms. The van der Waals surface area contributed by atoms with Gasteiger partial charge in [-0.1, -0.05) is 19.0 Å². The molecule has 0 saturated carbocycles. The average Bonchev–Trinajstić information content (AvgIpc) is 3.55. The van der Waals surface area contributed by atoms with Crippen molar-refractivity contribution < 1.29 is 27.3 Å². The van der Waals surface area contributed by atoms with E-state index in [0.29, 0.717) is 16.9 Å². The molecule has 0 unspecified atom stereocenters. The highest BCUT2D eigenvalue weighted by Crippen LogP contribution is 2.38. The fraction of sp³-hybridized carbons (Fsp3) is 0.167. The Balaban J connectivity index is 1.51. The highest BCUT2D eigenvalue weighted by atomic mass is 32.2. The number of carbonyl (C=O) groups is 1. The number of furan rings is 1. The summed E-state index contributed by atoms with van der Waals surface area (Å²) in [4.78, 5) is 13.4. The molecule has 3 aromatic heterocycles. The van der Waals surface area contributed by atoms with Crippen molar-refractivity contribution in [1.82, 2.24) is 9.88 Å². The number of thiophene rings is 1. The van der Waals surface area contributed by atoms with Crippen molar-refractivity contribution in [3.8, 4) is 21.1 Å². The predicted molar refractivity (Wildman–Crippen MR) is 129 cm³/mol.